The van der Waals surface area contributed by atoms with Crippen LogP contribution in [0.5, 0.6) is 11.5 Å². The maximum atomic E-state index is 13.0. The minimum Gasteiger partial charge on any atom is -0.508 e. The fourth-order valence-corrected chi connectivity index (χ4v) is 2.15. The van der Waals surface area contributed by atoms with Crippen LogP contribution in [0, 0.1) is 19.7 Å². The predicted octanol–water partition coefficient (Wildman–Crippen LogP) is 4.03. The Kier molecular flexibility index (Phi) is 3.84. The zero-order valence-corrected chi connectivity index (χ0v) is 11.7. The number of benzene rings is 2. The molecule has 1 atom stereocenters. The van der Waals surface area contributed by atoms with Gasteiger partial charge in [0.25, 0.3) is 0 Å². The van der Waals surface area contributed by atoms with Crippen LogP contribution in [-0.4, -0.2) is 10.2 Å². The summed E-state index contributed by atoms with van der Waals surface area (Å²) in [5.41, 5.74) is 3.17. The summed E-state index contributed by atoms with van der Waals surface area (Å²) in [6, 6.07) is 7.34. The van der Waals surface area contributed by atoms with E-state index in [4.69, 9.17) is 0 Å². The van der Waals surface area contributed by atoms with Gasteiger partial charge in [-0.1, -0.05) is 6.07 Å². The molecule has 0 bridgehead atoms. The SMILES string of the molecule is Cc1cc(NC(C)c2ccc(F)cc2O)c(C)cc1O. The van der Waals surface area contributed by atoms with Crippen molar-refractivity contribution < 1.29 is 14.6 Å². The Labute approximate surface area is 117 Å². The van der Waals surface area contributed by atoms with Gasteiger partial charge in [-0.05, 0) is 50.1 Å². The molecule has 0 aliphatic carbocycles. The van der Waals surface area contributed by atoms with Gasteiger partial charge in [-0.2, -0.15) is 0 Å². The number of hydrogen-bond donors (Lipinski definition) is 3. The van der Waals surface area contributed by atoms with Gasteiger partial charge in [0, 0.05) is 17.3 Å². The number of hydrogen-bond acceptors (Lipinski definition) is 3. The number of halogens is 1. The van der Waals surface area contributed by atoms with Gasteiger partial charge in [0.05, 0.1) is 6.04 Å². The summed E-state index contributed by atoms with van der Waals surface area (Å²) in [5.74, 6) is -0.279. The molecule has 2 rings (SSSR count). The number of rotatable bonds is 3. The molecule has 0 amide bonds. The summed E-state index contributed by atoms with van der Waals surface area (Å²) >= 11 is 0. The van der Waals surface area contributed by atoms with Crippen molar-refractivity contribution in [2.75, 3.05) is 5.32 Å². The molecule has 1 unspecified atom stereocenters. The van der Waals surface area contributed by atoms with Crippen molar-refractivity contribution in [1.29, 1.82) is 0 Å². The van der Waals surface area contributed by atoms with Crippen LogP contribution >= 0.6 is 0 Å². The molecule has 2 aromatic rings. The molecule has 2 aromatic carbocycles. The zero-order chi connectivity index (χ0) is 14.9. The molecule has 0 aromatic heterocycles. The minimum absolute atomic E-state index is 0.0712. The normalized spacial score (nSPS) is 12.2. The van der Waals surface area contributed by atoms with Crippen LogP contribution in [0.2, 0.25) is 0 Å². The first kappa shape index (κ1) is 14.2. The highest BCUT2D eigenvalue weighted by molar-refractivity contribution is 5.58. The molecular formula is C16H18FNO2. The fraction of sp³-hybridized carbons (Fsp3) is 0.250. The molecule has 0 aliphatic rings. The van der Waals surface area contributed by atoms with Crippen molar-refractivity contribution >= 4 is 5.69 Å². The molecule has 0 fully saturated rings. The highest BCUT2D eigenvalue weighted by atomic mass is 19.1. The first-order valence-corrected chi connectivity index (χ1v) is 6.43. The minimum atomic E-state index is -0.463. The van der Waals surface area contributed by atoms with E-state index in [1.165, 1.54) is 6.07 Å². The van der Waals surface area contributed by atoms with Crippen molar-refractivity contribution in [3.05, 3.63) is 52.8 Å². The Morgan fingerprint density at radius 1 is 1.00 bits per heavy atom. The van der Waals surface area contributed by atoms with Gasteiger partial charge in [-0.15, -0.1) is 0 Å². The van der Waals surface area contributed by atoms with Gasteiger partial charge in [-0.3, -0.25) is 0 Å². The molecule has 4 heteroatoms. The van der Waals surface area contributed by atoms with Crippen LogP contribution in [-0.2, 0) is 0 Å². The topological polar surface area (TPSA) is 52.5 Å². The molecule has 0 heterocycles. The van der Waals surface area contributed by atoms with Crippen LogP contribution < -0.4 is 5.32 Å². The van der Waals surface area contributed by atoms with Crippen LogP contribution in [0.4, 0.5) is 10.1 Å². The van der Waals surface area contributed by atoms with Crippen molar-refractivity contribution in [2.24, 2.45) is 0 Å². The molecule has 3 nitrogen and oxygen atoms in total. The lowest BCUT2D eigenvalue weighted by molar-refractivity contribution is 0.459. The van der Waals surface area contributed by atoms with E-state index in [2.05, 4.69) is 5.32 Å². The van der Waals surface area contributed by atoms with Crippen molar-refractivity contribution in [3.8, 4) is 11.5 Å². The third-order valence-electron chi connectivity index (χ3n) is 3.37. The van der Waals surface area contributed by atoms with Crippen LogP contribution in [0.15, 0.2) is 30.3 Å². The Morgan fingerprint density at radius 2 is 1.70 bits per heavy atom. The highest BCUT2D eigenvalue weighted by Gasteiger charge is 2.13. The number of anilines is 1. The van der Waals surface area contributed by atoms with E-state index < -0.39 is 5.82 Å². The lowest BCUT2D eigenvalue weighted by atomic mass is 10.0. The highest BCUT2D eigenvalue weighted by Crippen LogP contribution is 2.31. The summed E-state index contributed by atoms with van der Waals surface area (Å²) in [6.07, 6.45) is 0. The predicted molar refractivity (Wildman–Crippen MR) is 77.7 cm³/mol. The average molecular weight is 275 g/mol. The van der Waals surface area contributed by atoms with Gasteiger partial charge < -0.3 is 15.5 Å². The van der Waals surface area contributed by atoms with E-state index in [1.807, 2.05) is 26.8 Å². The van der Waals surface area contributed by atoms with E-state index in [0.717, 1.165) is 22.9 Å². The molecular weight excluding hydrogens is 257 g/mol. The number of nitrogens with one attached hydrogen (secondary N) is 1. The molecule has 0 saturated heterocycles. The van der Waals surface area contributed by atoms with Gasteiger partial charge in [0.15, 0.2) is 0 Å². The van der Waals surface area contributed by atoms with Crippen molar-refractivity contribution in [3.63, 3.8) is 0 Å². The standard InChI is InChI=1S/C16H18FNO2/c1-9-7-15(19)10(2)6-14(9)18-11(3)13-5-4-12(17)8-16(13)20/h4-8,11,18-20H,1-3H3. The monoisotopic (exact) mass is 275 g/mol. The van der Waals surface area contributed by atoms with E-state index in [9.17, 15) is 14.6 Å². The molecule has 3 N–H and O–H groups in total. The summed E-state index contributed by atoms with van der Waals surface area (Å²) in [5, 5.41) is 22.7. The first-order chi connectivity index (χ1) is 9.38. The van der Waals surface area contributed by atoms with Crippen LogP contribution in [0.1, 0.15) is 29.7 Å². The molecule has 0 radical (unpaired) electrons. The Balaban J connectivity index is 2.27. The summed E-state index contributed by atoms with van der Waals surface area (Å²) < 4.78 is 13.0. The third kappa shape index (κ3) is 2.85. The van der Waals surface area contributed by atoms with E-state index >= 15 is 0 Å². The van der Waals surface area contributed by atoms with Gasteiger partial charge in [0.1, 0.15) is 17.3 Å². The smallest absolute Gasteiger partial charge is 0.126 e. The van der Waals surface area contributed by atoms with Crippen LogP contribution in [0.25, 0.3) is 0 Å². The maximum absolute atomic E-state index is 13.0. The van der Waals surface area contributed by atoms with Gasteiger partial charge in [-0.25, -0.2) is 4.39 Å². The van der Waals surface area contributed by atoms with Gasteiger partial charge >= 0.3 is 0 Å². The molecule has 0 aliphatic heterocycles. The molecule has 0 saturated carbocycles. The summed E-state index contributed by atoms with van der Waals surface area (Å²) in [6.45, 7) is 5.59. The van der Waals surface area contributed by atoms with Crippen molar-refractivity contribution in [1.82, 2.24) is 0 Å². The van der Waals surface area contributed by atoms with Crippen molar-refractivity contribution in [2.45, 2.75) is 26.8 Å². The quantitative estimate of drug-likeness (QED) is 0.741. The number of aryl methyl sites for hydroxylation is 2. The average Bonchev–Trinajstić information content (AvgIpc) is 2.35. The van der Waals surface area contributed by atoms with Gasteiger partial charge in [0.2, 0.25) is 0 Å². The first-order valence-electron chi connectivity index (χ1n) is 6.43. The van der Waals surface area contributed by atoms with E-state index in [1.54, 1.807) is 12.1 Å². The van der Waals surface area contributed by atoms with E-state index in [-0.39, 0.29) is 17.5 Å². The number of aromatic hydroxyl groups is 2. The van der Waals surface area contributed by atoms with E-state index in [0.29, 0.717) is 5.56 Å². The molecule has 20 heavy (non-hydrogen) atoms. The lowest BCUT2D eigenvalue weighted by Crippen LogP contribution is -2.08. The summed E-state index contributed by atoms with van der Waals surface area (Å²) in [4.78, 5) is 0. The second-order valence-corrected chi connectivity index (χ2v) is 5.02. The van der Waals surface area contributed by atoms with Crippen LogP contribution in [0.3, 0.4) is 0 Å². The third-order valence-corrected chi connectivity index (χ3v) is 3.37. The number of phenols is 2. The zero-order valence-electron chi connectivity index (χ0n) is 11.7. The Hall–Kier alpha value is -2.23. The summed E-state index contributed by atoms with van der Waals surface area (Å²) in [7, 11) is 0. The maximum Gasteiger partial charge on any atom is 0.126 e. The largest absolute Gasteiger partial charge is 0.508 e. The molecule has 106 valence electrons. The Bertz CT molecular complexity index is 641. The fourth-order valence-electron chi connectivity index (χ4n) is 2.15. The second kappa shape index (κ2) is 5.41. The molecule has 0 spiro atoms. The lowest BCUT2D eigenvalue weighted by Gasteiger charge is -2.19. The Morgan fingerprint density at radius 3 is 2.35 bits per heavy atom. The second-order valence-electron chi connectivity index (χ2n) is 5.02. The number of phenolic OH excluding ortho intramolecular Hbond substituents is 2.